The van der Waals surface area contributed by atoms with Gasteiger partial charge < -0.3 is 18.9 Å². The van der Waals surface area contributed by atoms with E-state index in [1.54, 1.807) is 19.1 Å². The lowest BCUT2D eigenvalue weighted by Gasteiger charge is -2.21. The Morgan fingerprint density at radius 2 is 1.79 bits per heavy atom. The van der Waals surface area contributed by atoms with E-state index in [0.717, 1.165) is 11.8 Å². The first kappa shape index (κ1) is 20.3. The van der Waals surface area contributed by atoms with Crippen molar-refractivity contribution in [1.82, 2.24) is 0 Å². The number of ether oxygens (including phenoxy) is 4. The van der Waals surface area contributed by atoms with Crippen LogP contribution in [0.5, 0.6) is 17.2 Å². The zero-order valence-corrected chi connectivity index (χ0v) is 15.9. The van der Waals surface area contributed by atoms with Crippen LogP contribution in [-0.2, 0) is 4.74 Å². The van der Waals surface area contributed by atoms with E-state index in [0.29, 0.717) is 29.4 Å². The normalized spacial score (nSPS) is 12.9. The van der Waals surface area contributed by atoms with Crippen LogP contribution in [0.15, 0.2) is 12.1 Å². The highest BCUT2D eigenvalue weighted by Crippen LogP contribution is 2.44. The van der Waals surface area contributed by atoms with Gasteiger partial charge in [0.15, 0.2) is 11.5 Å². The standard InChI is InChI=1S/C15H21NO6S2/c1-6-22-15(23)24-14(9(2)16(17)18)10-7-11(19-3)13(21-5)12(8-10)20-4/h7-9,14H,6H2,1-5H3. The molecule has 0 fully saturated rings. The number of methoxy groups -OCH3 is 3. The number of rotatable bonds is 8. The summed E-state index contributed by atoms with van der Waals surface area (Å²) in [6, 6.07) is 2.48. The second-order valence-electron chi connectivity index (χ2n) is 4.71. The quantitative estimate of drug-likeness (QED) is 0.388. The van der Waals surface area contributed by atoms with Gasteiger partial charge in [-0.2, -0.15) is 0 Å². The maximum absolute atomic E-state index is 11.3. The third-order valence-electron chi connectivity index (χ3n) is 3.27. The van der Waals surface area contributed by atoms with Crippen molar-refractivity contribution in [2.45, 2.75) is 25.1 Å². The summed E-state index contributed by atoms with van der Waals surface area (Å²) < 4.78 is 21.4. The first-order valence-electron chi connectivity index (χ1n) is 7.16. The second-order valence-corrected chi connectivity index (χ2v) is 6.45. The van der Waals surface area contributed by atoms with Crippen LogP contribution < -0.4 is 14.2 Å². The van der Waals surface area contributed by atoms with Crippen LogP contribution in [0.25, 0.3) is 0 Å². The van der Waals surface area contributed by atoms with Gasteiger partial charge in [0, 0.05) is 11.8 Å². The molecule has 0 radical (unpaired) electrons. The minimum Gasteiger partial charge on any atom is -0.493 e. The first-order chi connectivity index (χ1) is 11.4. The minimum absolute atomic E-state index is 0.255. The lowest BCUT2D eigenvalue weighted by molar-refractivity contribution is -0.518. The Balaban J connectivity index is 3.35. The minimum atomic E-state index is -0.892. The molecule has 0 N–H and O–H groups in total. The molecule has 7 nitrogen and oxygen atoms in total. The number of nitrogens with zero attached hydrogens (tertiary/aromatic N) is 1. The van der Waals surface area contributed by atoms with Gasteiger partial charge in [-0.1, -0.05) is 11.8 Å². The molecule has 2 atom stereocenters. The van der Waals surface area contributed by atoms with Crippen molar-refractivity contribution in [3.8, 4) is 17.2 Å². The van der Waals surface area contributed by atoms with Gasteiger partial charge in [-0.15, -0.1) is 0 Å². The van der Waals surface area contributed by atoms with Crippen LogP contribution in [0.1, 0.15) is 24.7 Å². The fourth-order valence-electron chi connectivity index (χ4n) is 2.08. The van der Waals surface area contributed by atoms with Crippen LogP contribution >= 0.6 is 24.0 Å². The Bertz CT molecular complexity index is 570. The molecule has 0 aliphatic carbocycles. The SMILES string of the molecule is CCOC(=S)SC(c1cc(OC)c(OC)c(OC)c1)C(C)[N+](=O)[O-]. The molecule has 0 aliphatic heterocycles. The van der Waals surface area contributed by atoms with Gasteiger partial charge in [0.1, 0.15) is 5.25 Å². The largest absolute Gasteiger partial charge is 0.493 e. The summed E-state index contributed by atoms with van der Waals surface area (Å²) in [7, 11) is 4.48. The summed E-state index contributed by atoms with van der Waals surface area (Å²) in [6.07, 6.45) is 0. The summed E-state index contributed by atoms with van der Waals surface area (Å²) in [5.41, 5.74) is 0.640. The average Bonchev–Trinajstić information content (AvgIpc) is 2.57. The predicted octanol–water partition coefficient (Wildman–Crippen LogP) is 3.47. The maximum atomic E-state index is 11.3. The van der Waals surface area contributed by atoms with E-state index in [1.807, 2.05) is 0 Å². The lowest BCUT2D eigenvalue weighted by atomic mass is 10.1. The number of hydrogen-bond donors (Lipinski definition) is 0. The molecule has 0 aliphatic rings. The van der Waals surface area contributed by atoms with Crippen LogP contribution in [0.2, 0.25) is 0 Å². The number of benzene rings is 1. The molecule has 2 unspecified atom stereocenters. The first-order valence-corrected chi connectivity index (χ1v) is 8.45. The number of thiocarbonyl (C=S) groups is 1. The van der Waals surface area contributed by atoms with Crippen molar-refractivity contribution in [3.63, 3.8) is 0 Å². The molecular formula is C15H21NO6S2. The van der Waals surface area contributed by atoms with Gasteiger partial charge in [0.25, 0.3) is 0 Å². The van der Waals surface area contributed by atoms with Crippen molar-refractivity contribution in [2.75, 3.05) is 27.9 Å². The third-order valence-corrected chi connectivity index (χ3v) is 4.91. The van der Waals surface area contributed by atoms with Crippen LogP contribution in [0.4, 0.5) is 0 Å². The predicted molar refractivity (Wildman–Crippen MR) is 97.1 cm³/mol. The molecule has 1 aromatic carbocycles. The Kier molecular flexibility index (Phi) is 8.06. The molecule has 134 valence electrons. The van der Waals surface area contributed by atoms with E-state index in [9.17, 15) is 10.1 Å². The number of thioether (sulfide) groups is 1. The molecular weight excluding hydrogens is 354 g/mol. The highest BCUT2D eigenvalue weighted by molar-refractivity contribution is 8.22. The molecule has 0 spiro atoms. The van der Waals surface area contributed by atoms with Gasteiger partial charge in [-0.3, -0.25) is 10.1 Å². The molecule has 0 heterocycles. The maximum Gasteiger partial charge on any atom is 0.226 e. The van der Waals surface area contributed by atoms with E-state index in [2.05, 4.69) is 0 Å². The molecule has 0 bridgehead atoms. The van der Waals surface area contributed by atoms with Crippen molar-refractivity contribution in [2.24, 2.45) is 0 Å². The Hall–Kier alpha value is -1.74. The van der Waals surface area contributed by atoms with Crippen molar-refractivity contribution in [3.05, 3.63) is 27.8 Å². The lowest BCUT2D eigenvalue weighted by Crippen LogP contribution is -2.23. The van der Waals surface area contributed by atoms with E-state index in [4.69, 9.17) is 31.2 Å². The average molecular weight is 375 g/mol. The molecule has 0 saturated carbocycles. The number of nitro groups is 1. The second kappa shape index (κ2) is 9.53. The smallest absolute Gasteiger partial charge is 0.226 e. The third kappa shape index (κ3) is 4.88. The number of hydrogen-bond acceptors (Lipinski definition) is 8. The molecule has 0 aromatic heterocycles. The van der Waals surface area contributed by atoms with Crippen LogP contribution in [0.3, 0.4) is 0 Å². The molecule has 1 rings (SSSR count). The highest BCUT2D eigenvalue weighted by Gasteiger charge is 2.32. The zero-order valence-electron chi connectivity index (χ0n) is 14.2. The summed E-state index contributed by atoms with van der Waals surface area (Å²) in [5.74, 6) is 1.28. The molecule has 0 saturated heterocycles. The fraction of sp³-hybridized carbons (Fsp3) is 0.533. The van der Waals surface area contributed by atoms with E-state index >= 15 is 0 Å². The van der Waals surface area contributed by atoms with Crippen LogP contribution in [0, 0.1) is 10.1 Å². The van der Waals surface area contributed by atoms with Crippen molar-refractivity contribution in [1.29, 1.82) is 0 Å². The summed E-state index contributed by atoms with van der Waals surface area (Å²) in [5, 5.41) is 10.7. The molecule has 0 amide bonds. The van der Waals surface area contributed by atoms with Gasteiger partial charge in [0.2, 0.25) is 16.2 Å². The molecule has 9 heteroatoms. The van der Waals surface area contributed by atoms with E-state index in [-0.39, 0.29) is 9.31 Å². The van der Waals surface area contributed by atoms with E-state index < -0.39 is 11.3 Å². The molecule has 1 aromatic rings. The molecule has 24 heavy (non-hydrogen) atoms. The highest BCUT2D eigenvalue weighted by atomic mass is 32.2. The van der Waals surface area contributed by atoms with E-state index in [1.165, 1.54) is 28.3 Å². The van der Waals surface area contributed by atoms with Gasteiger partial charge in [-0.05, 0) is 36.8 Å². The Labute approximate surface area is 150 Å². The Morgan fingerprint density at radius 1 is 1.25 bits per heavy atom. The summed E-state index contributed by atoms with van der Waals surface area (Å²) in [6.45, 7) is 3.73. The van der Waals surface area contributed by atoms with Gasteiger partial charge in [0.05, 0.1) is 27.9 Å². The topological polar surface area (TPSA) is 80.1 Å². The van der Waals surface area contributed by atoms with Crippen LogP contribution in [-0.4, -0.2) is 43.3 Å². The Morgan fingerprint density at radius 3 is 2.17 bits per heavy atom. The monoisotopic (exact) mass is 375 g/mol. The fourth-order valence-corrected chi connectivity index (χ4v) is 3.47. The van der Waals surface area contributed by atoms with Crippen molar-refractivity contribution >= 4 is 28.4 Å². The van der Waals surface area contributed by atoms with Crippen molar-refractivity contribution < 1.29 is 23.9 Å². The summed E-state index contributed by atoms with van der Waals surface area (Å²) in [4.78, 5) is 11.0. The van der Waals surface area contributed by atoms with Gasteiger partial charge >= 0.3 is 0 Å². The summed E-state index contributed by atoms with van der Waals surface area (Å²) >= 11 is 6.26. The van der Waals surface area contributed by atoms with Gasteiger partial charge in [-0.25, -0.2) is 0 Å². The zero-order chi connectivity index (χ0) is 18.3.